The van der Waals surface area contributed by atoms with Crippen LogP contribution in [0.1, 0.15) is 49.6 Å². The third-order valence-electron chi connectivity index (χ3n) is 3.98. The Bertz CT molecular complexity index is 486. The van der Waals surface area contributed by atoms with Gasteiger partial charge in [-0.05, 0) is 51.2 Å². The van der Waals surface area contributed by atoms with E-state index >= 15 is 0 Å². The van der Waals surface area contributed by atoms with E-state index in [1.54, 1.807) is 17.0 Å². The minimum atomic E-state index is -0.442. The van der Waals surface area contributed by atoms with E-state index < -0.39 is 6.04 Å². The average Bonchev–Trinajstić information content (AvgIpc) is 3.06. The molecule has 1 aliphatic rings. The first-order chi connectivity index (χ1) is 10.6. The maximum atomic E-state index is 12.5. The highest BCUT2D eigenvalue weighted by atomic mass is 16.3. The van der Waals surface area contributed by atoms with Crippen LogP contribution in [0.4, 0.5) is 0 Å². The van der Waals surface area contributed by atoms with Gasteiger partial charge in [-0.1, -0.05) is 0 Å². The fourth-order valence-electron chi connectivity index (χ4n) is 2.80. The van der Waals surface area contributed by atoms with E-state index in [0.717, 1.165) is 19.3 Å². The maximum Gasteiger partial charge on any atom is 0.290 e. The molecule has 2 unspecified atom stereocenters. The first-order valence-corrected chi connectivity index (χ1v) is 7.89. The SMILES string of the molecule is CC(CCCO)NC(=O)C1CCCCN1C(=O)c1ccco1. The Kier molecular flexibility index (Phi) is 6.00. The van der Waals surface area contributed by atoms with E-state index in [-0.39, 0.29) is 30.2 Å². The van der Waals surface area contributed by atoms with Gasteiger partial charge in [0.05, 0.1) is 6.26 Å². The van der Waals surface area contributed by atoms with Gasteiger partial charge < -0.3 is 19.7 Å². The van der Waals surface area contributed by atoms with Crippen LogP contribution in [0.15, 0.2) is 22.8 Å². The van der Waals surface area contributed by atoms with Gasteiger partial charge in [-0.25, -0.2) is 0 Å². The number of hydrogen-bond acceptors (Lipinski definition) is 4. The fraction of sp³-hybridized carbons (Fsp3) is 0.625. The number of likely N-dealkylation sites (tertiary alicyclic amines) is 1. The average molecular weight is 308 g/mol. The predicted octanol–water partition coefficient (Wildman–Crippen LogP) is 1.55. The highest BCUT2D eigenvalue weighted by Crippen LogP contribution is 2.20. The molecule has 2 atom stereocenters. The summed E-state index contributed by atoms with van der Waals surface area (Å²) in [6.45, 7) is 2.60. The lowest BCUT2D eigenvalue weighted by molar-refractivity contribution is -0.127. The molecule has 6 nitrogen and oxygen atoms in total. The number of nitrogens with one attached hydrogen (secondary N) is 1. The van der Waals surface area contributed by atoms with Gasteiger partial charge in [-0.3, -0.25) is 9.59 Å². The van der Waals surface area contributed by atoms with Crippen LogP contribution in [0.3, 0.4) is 0 Å². The zero-order valence-corrected chi connectivity index (χ0v) is 13.0. The summed E-state index contributed by atoms with van der Waals surface area (Å²) in [4.78, 5) is 26.5. The van der Waals surface area contributed by atoms with Crippen molar-refractivity contribution in [1.82, 2.24) is 10.2 Å². The van der Waals surface area contributed by atoms with Crippen molar-refractivity contribution in [2.45, 2.75) is 51.1 Å². The molecule has 1 aliphatic heterocycles. The van der Waals surface area contributed by atoms with E-state index in [4.69, 9.17) is 9.52 Å². The minimum absolute atomic E-state index is 0.0119. The van der Waals surface area contributed by atoms with E-state index in [0.29, 0.717) is 19.4 Å². The molecule has 6 heteroatoms. The van der Waals surface area contributed by atoms with Crippen LogP contribution in [0.25, 0.3) is 0 Å². The molecule has 1 aromatic heterocycles. The Morgan fingerprint density at radius 3 is 3.00 bits per heavy atom. The van der Waals surface area contributed by atoms with Gasteiger partial charge in [-0.2, -0.15) is 0 Å². The molecule has 0 aromatic carbocycles. The first-order valence-electron chi connectivity index (χ1n) is 7.89. The Labute approximate surface area is 130 Å². The third kappa shape index (κ3) is 4.10. The molecule has 1 aromatic rings. The fourth-order valence-corrected chi connectivity index (χ4v) is 2.80. The molecular formula is C16H24N2O4. The van der Waals surface area contributed by atoms with E-state index in [2.05, 4.69) is 5.32 Å². The van der Waals surface area contributed by atoms with Crippen LogP contribution in [0.5, 0.6) is 0 Å². The number of hydrogen-bond donors (Lipinski definition) is 2. The molecule has 1 fully saturated rings. The van der Waals surface area contributed by atoms with Crippen molar-refractivity contribution in [3.63, 3.8) is 0 Å². The number of amides is 2. The number of rotatable bonds is 6. The third-order valence-corrected chi connectivity index (χ3v) is 3.98. The predicted molar refractivity (Wildman–Crippen MR) is 81.3 cm³/mol. The van der Waals surface area contributed by atoms with Crippen molar-refractivity contribution in [1.29, 1.82) is 0 Å². The molecule has 2 amide bonds. The Hall–Kier alpha value is -1.82. The molecule has 0 bridgehead atoms. The topological polar surface area (TPSA) is 82.8 Å². The summed E-state index contributed by atoms with van der Waals surface area (Å²) in [6, 6.07) is 2.84. The largest absolute Gasteiger partial charge is 0.459 e. The highest BCUT2D eigenvalue weighted by Gasteiger charge is 2.33. The normalized spacial score (nSPS) is 19.7. The Balaban J connectivity index is 2.00. The summed E-state index contributed by atoms with van der Waals surface area (Å²) in [5.41, 5.74) is 0. The van der Waals surface area contributed by atoms with Gasteiger partial charge in [0.1, 0.15) is 6.04 Å². The van der Waals surface area contributed by atoms with Gasteiger partial charge >= 0.3 is 0 Å². The van der Waals surface area contributed by atoms with Crippen molar-refractivity contribution >= 4 is 11.8 Å². The quantitative estimate of drug-likeness (QED) is 0.835. The zero-order chi connectivity index (χ0) is 15.9. The molecule has 2 rings (SSSR count). The van der Waals surface area contributed by atoms with Crippen molar-refractivity contribution < 1.29 is 19.1 Å². The molecule has 0 saturated carbocycles. The standard InChI is InChI=1S/C16H24N2O4/c1-12(6-4-10-19)17-15(20)13-7-2-3-9-18(13)16(21)14-8-5-11-22-14/h5,8,11-13,19H,2-4,6-7,9-10H2,1H3,(H,17,20). The summed E-state index contributed by atoms with van der Waals surface area (Å²) in [7, 11) is 0. The van der Waals surface area contributed by atoms with Crippen LogP contribution in [-0.2, 0) is 4.79 Å². The number of carbonyl (C=O) groups excluding carboxylic acids is 2. The number of nitrogens with zero attached hydrogens (tertiary/aromatic N) is 1. The van der Waals surface area contributed by atoms with Crippen LogP contribution >= 0.6 is 0 Å². The Morgan fingerprint density at radius 2 is 2.32 bits per heavy atom. The molecule has 2 N–H and O–H groups in total. The van der Waals surface area contributed by atoms with Crippen LogP contribution in [0, 0.1) is 0 Å². The van der Waals surface area contributed by atoms with E-state index in [1.165, 1.54) is 6.26 Å². The van der Waals surface area contributed by atoms with Crippen molar-refractivity contribution in [2.75, 3.05) is 13.2 Å². The van der Waals surface area contributed by atoms with Crippen molar-refractivity contribution in [3.05, 3.63) is 24.2 Å². The lowest BCUT2D eigenvalue weighted by Crippen LogP contribution is -2.53. The van der Waals surface area contributed by atoms with Crippen LogP contribution < -0.4 is 5.32 Å². The summed E-state index contributed by atoms with van der Waals surface area (Å²) in [5, 5.41) is 11.8. The summed E-state index contributed by atoms with van der Waals surface area (Å²) in [5.74, 6) is -0.0778. The molecule has 122 valence electrons. The van der Waals surface area contributed by atoms with Crippen molar-refractivity contribution in [2.24, 2.45) is 0 Å². The number of aliphatic hydroxyl groups is 1. The molecule has 0 spiro atoms. The second-order valence-electron chi connectivity index (χ2n) is 5.76. The Morgan fingerprint density at radius 1 is 1.50 bits per heavy atom. The van der Waals surface area contributed by atoms with Gasteiger partial charge in [0.2, 0.25) is 5.91 Å². The first kappa shape index (κ1) is 16.5. The molecular weight excluding hydrogens is 284 g/mol. The van der Waals surface area contributed by atoms with Gasteiger partial charge in [0.25, 0.3) is 5.91 Å². The second kappa shape index (κ2) is 7.98. The van der Waals surface area contributed by atoms with Gasteiger partial charge in [0, 0.05) is 19.2 Å². The smallest absolute Gasteiger partial charge is 0.290 e. The summed E-state index contributed by atoms with van der Waals surface area (Å²) < 4.78 is 5.16. The lowest BCUT2D eigenvalue weighted by atomic mass is 10.0. The van der Waals surface area contributed by atoms with Gasteiger partial charge in [0.15, 0.2) is 5.76 Å². The van der Waals surface area contributed by atoms with E-state index in [9.17, 15) is 9.59 Å². The van der Waals surface area contributed by atoms with Gasteiger partial charge in [-0.15, -0.1) is 0 Å². The molecule has 2 heterocycles. The number of piperidine rings is 1. The monoisotopic (exact) mass is 308 g/mol. The summed E-state index contributed by atoms with van der Waals surface area (Å²) in [6.07, 6.45) is 5.35. The van der Waals surface area contributed by atoms with Crippen LogP contribution in [0.2, 0.25) is 0 Å². The van der Waals surface area contributed by atoms with E-state index in [1.807, 2.05) is 6.92 Å². The minimum Gasteiger partial charge on any atom is -0.459 e. The number of aliphatic hydroxyl groups excluding tert-OH is 1. The van der Waals surface area contributed by atoms with Crippen LogP contribution in [-0.4, -0.2) is 47.1 Å². The molecule has 0 radical (unpaired) electrons. The summed E-state index contributed by atoms with van der Waals surface area (Å²) >= 11 is 0. The number of carbonyl (C=O) groups is 2. The number of furan rings is 1. The lowest BCUT2D eigenvalue weighted by Gasteiger charge is -2.34. The molecule has 1 saturated heterocycles. The second-order valence-corrected chi connectivity index (χ2v) is 5.76. The molecule has 0 aliphatic carbocycles. The molecule has 22 heavy (non-hydrogen) atoms. The maximum absolute atomic E-state index is 12.5. The highest BCUT2D eigenvalue weighted by molar-refractivity contribution is 5.95. The zero-order valence-electron chi connectivity index (χ0n) is 13.0. The van der Waals surface area contributed by atoms with Crippen molar-refractivity contribution in [3.8, 4) is 0 Å².